The highest BCUT2D eigenvalue weighted by Gasteiger charge is 2.34. The molecule has 2 unspecified atom stereocenters. The van der Waals surface area contributed by atoms with E-state index in [1.165, 1.54) is 23.8 Å². The zero-order valence-electron chi connectivity index (χ0n) is 13.2. The molecule has 1 aliphatic carbocycles. The first-order valence-corrected chi connectivity index (χ1v) is 8.19. The number of pyridine rings is 1. The van der Waals surface area contributed by atoms with E-state index in [-0.39, 0.29) is 5.54 Å². The highest BCUT2D eigenvalue weighted by molar-refractivity contribution is 5.81. The first-order chi connectivity index (χ1) is 10.1. The number of para-hydroxylation sites is 1. The van der Waals surface area contributed by atoms with Crippen molar-refractivity contribution >= 4 is 10.9 Å². The third-order valence-electron chi connectivity index (χ3n) is 5.14. The molecular weight excluding hydrogens is 256 g/mol. The van der Waals surface area contributed by atoms with Gasteiger partial charge in [0, 0.05) is 17.1 Å². The van der Waals surface area contributed by atoms with Gasteiger partial charge in [-0.3, -0.25) is 4.98 Å². The van der Waals surface area contributed by atoms with Crippen molar-refractivity contribution in [1.82, 2.24) is 4.98 Å². The minimum absolute atomic E-state index is 0.0443. The molecule has 1 aromatic carbocycles. The largest absolute Gasteiger partial charge is 0.325 e. The van der Waals surface area contributed by atoms with E-state index in [4.69, 9.17) is 5.73 Å². The molecule has 0 saturated heterocycles. The quantitative estimate of drug-likeness (QED) is 0.910. The molecule has 0 amide bonds. The predicted molar refractivity (Wildman–Crippen MR) is 89.2 cm³/mol. The van der Waals surface area contributed by atoms with Crippen molar-refractivity contribution in [2.45, 2.75) is 51.5 Å². The third kappa shape index (κ3) is 3.11. The van der Waals surface area contributed by atoms with E-state index < -0.39 is 0 Å². The molecule has 21 heavy (non-hydrogen) atoms. The van der Waals surface area contributed by atoms with Crippen LogP contribution in [-0.4, -0.2) is 10.5 Å². The Hall–Kier alpha value is -1.41. The number of aromatic nitrogens is 1. The van der Waals surface area contributed by atoms with Crippen LogP contribution in [0.1, 0.15) is 45.1 Å². The Kier molecular flexibility index (Phi) is 3.99. The fourth-order valence-corrected chi connectivity index (χ4v) is 3.86. The maximum atomic E-state index is 6.79. The molecule has 1 aromatic heterocycles. The first kappa shape index (κ1) is 14.5. The third-order valence-corrected chi connectivity index (χ3v) is 5.14. The molecule has 2 N–H and O–H groups in total. The lowest BCUT2D eigenvalue weighted by atomic mass is 9.70. The Balaban J connectivity index is 1.87. The molecule has 1 aliphatic rings. The second-order valence-electron chi connectivity index (χ2n) is 7.13. The summed E-state index contributed by atoms with van der Waals surface area (Å²) in [6.07, 6.45) is 7.80. The van der Waals surface area contributed by atoms with Gasteiger partial charge in [-0.1, -0.05) is 44.9 Å². The van der Waals surface area contributed by atoms with Gasteiger partial charge in [0.15, 0.2) is 0 Å². The highest BCUT2D eigenvalue weighted by Crippen LogP contribution is 2.37. The predicted octanol–water partition coefficient (Wildman–Crippen LogP) is 4.32. The van der Waals surface area contributed by atoms with Gasteiger partial charge >= 0.3 is 0 Å². The summed E-state index contributed by atoms with van der Waals surface area (Å²) in [6.45, 7) is 4.66. The number of nitrogens with zero attached hydrogens (tertiary/aromatic N) is 1. The maximum Gasteiger partial charge on any atom is 0.0704 e. The summed E-state index contributed by atoms with van der Waals surface area (Å²) in [7, 11) is 0. The average molecular weight is 282 g/mol. The van der Waals surface area contributed by atoms with E-state index >= 15 is 0 Å². The van der Waals surface area contributed by atoms with Crippen molar-refractivity contribution in [3.05, 3.63) is 42.1 Å². The van der Waals surface area contributed by atoms with Crippen LogP contribution in [0.25, 0.3) is 10.9 Å². The Labute approximate surface area is 127 Å². The summed E-state index contributed by atoms with van der Waals surface area (Å²) in [4.78, 5) is 4.46. The Morgan fingerprint density at radius 2 is 2.10 bits per heavy atom. The van der Waals surface area contributed by atoms with Crippen LogP contribution in [-0.2, 0) is 6.42 Å². The molecule has 2 nitrogen and oxygen atoms in total. The molecule has 0 aliphatic heterocycles. The van der Waals surface area contributed by atoms with E-state index in [1.807, 2.05) is 12.3 Å². The van der Waals surface area contributed by atoms with Gasteiger partial charge in [0.1, 0.15) is 0 Å². The molecule has 2 heteroatoms. The van der Waals surface area contributed by atoms with Gasteiger partial charge in [0.25, 0.3) is 0 Å². The van der Waals surface area contributed by atoms with Crippen LogP contribution >= 0.6 is 0 Å². The molecule has 0 radical (unpaired) electrons. The summed E-state index contributed by atoms with van der Waals surface area (Å²) >= 11 is 0. The van der Waals surface area contributed by atoms with Crippen molar-refractivity contribution in [3.63, 3.8) is 0 Å². The summed E-state index contributed by atoms with van der Waals surface area (Å²) in [6, 6.07) is 10.5. The van der Waals surface area contributed by atoms with E-state index in [9.17, 15) is 0 Å². The van der Waals surface area contributed by atoms with E-state index in [2.05, 4.69) is 43.1 Å². The van der Waals surface area contributed by atoms with Gasteiger partial charge in [0.2, 0.25) is 0 Å². The van der Waals surface area contributed by atoms with Gasteiger partial charge in [0.05, 0.1) is 5.52 Å². The molecule has 3 rings (SSSR count). The summed E-state index contributed by atoms with van der Waals surface area (Å²) in [5.74, 6) is 1.51. The van der Waals surface area contributed by atoms with Crippen molar-refractivity contribution in [2.24, 2.45) is 17.6 Å². The lowest BCUT2D eigenvalue weighted by Gasteiger charge is -2.40. The normalized spacial score (nSPS) is 26.4. The van der Waals surface area contributed by atoms with Crippen LogP contribution in [0.5, 0.6) is 0 Å². The lowest BCUT2D eigenvalue weighted by Crippen LogP contribution is -2.47. The summed E-state index contributed by atoms with van der Waals surface area (Å²) < 4.78 is 0. The van der Waals surface area contributed by atoms with Crippen LogP contribution in [0, 0.1) is 11.8 Å². The standard InChI is InChI=1S/C19H26N2/c1-14(2)15-6-5-10-19(20,12-15)13-16-9-11-21-18-8-4-3-7-17(16)18/h3-4,7-9,11,14-15H,5-6,10,12-13,20H2,1-2H3. The SMILES string of the molecule is CC(C)C1CCCC(N)(Cc2ccnc3ccccc23)C1. The molecule has 0 bridgehead atoms. The number of fused-ring (bicyclic) bond motifs is 1. The van der Waals surface area contributed by atoms with Gasteiger partial charge < -0.3 is 5.73 Å². The zero-order valence-corrected chi connectivity index (χ0v) is 13.2. The molecule has 112 valence electrons. The zero-order chi connectivity index (χ0) is 14.9. The highest BCUT2D eigenvalue weighted by atomic mass is 14.8. The molecule has 2 aromatic rings. The monoisotopic (exact) mass is 282 g/mol. The molecule has 1 saturated carbocycles. The van der Waals surface area contributed by atoms with Gasteiger partial charge in [-0.2, -0.15) is 0 Å². The fraction of sp³-hybridized carbons (Fsp3) is 0.526. The van der Waals surface area contributed by atoms with Crippen molar-refractivity contribution < 1.29 is 0 Å². The van der Waals surface area contributed by atoms with Gasteiger partial charge in [-0.15, -0.1) is 0 Å². The Bertz CT molecular complexity index is 614. The van der Waals surface area contributed by atoms with Crippen LogP contribution in [0.3, 0.4) is 0 Å². The molecule has 1 fully saturated rings. The minimum Gasteiger partial charge on any atom is -0.325 e. The minimum atomic E-state index is -0.0443. The first-order valence-electron chi connectivity index (χ1n) is 8.19. The van der Waals surface area contributed by atoms with E-state index in [1.54, 1.807) is 0 Å². The topological polar surface area (TPSA) is 38.9 Å². The Morgan fingerprint density at radius 1 is 1.29 bits per heavy atom. The smallest absolute Gasteiger partial charge is 0.0704 e. The fourth-order valence-electron chi connectivity index (χ4n) is 3.86. The number of hydrogen-bond acceptors (Lipinski definition) is 2. The molecule has 1 heterocycles. The van der Waals surface area contributed by atoms with Crippen LogP contribution in [0.15, 0.2) is 36.5 Å². The maximum absolute atomic E-state index is 6.79. The van der Waals surface area contributed by atoms with Crippen LogP contribution < -0.4 is 5.73 Å². The molecule has 2 atom stereocenters. The summed E-state index contributed by atoms with van der Waals surface area (Å²) in [5, 5.41) is 1.26. The number of rotatable bonds is 3. The van der Waals surface area contributed by atoms with Crippen LogP contribution in [0.2, 0.25) is 0 Å². The van der Waals surface area contributed by atoms with Crippen LogP contribution in [0.4, 0.5) is 0 Å². The van der Waals surface area contributed by atoms with E-state index in [0.717, 1.165) is 36.6 Å². The second-order valence-corrected chi connectivity index (χ2v) is 7.13. The van der Waals surface area contributed by atoms with E-state index in [0.29, 0.717) is 0 Å². The number of hydrogen-bond donors (Lipinski definition) is 1. The summed E-state index contributed by atoms with van der Waals surface area (Å²) in [5.41, 5.74) is 9.18. The van der Waals surface area contributed by atoms with Gasteiger partial charge in [-0.25, -0.2) is 0 Å². The number of nitrogens with two attached hydrogens (primary N) is 1. The molecule has 0 spiro atoms. The molecular formula is C19H26N2. The lowest BCUT2D eigenvalue weighted by molar-refractivity contribution is 0.183. The Morgan fingerprint density at radius 3 is 2.90 bits per heavy atom. The second kappa shape index (κ2) is 5.76. The van der Waals surface area contributed by atoms with Crippen molar-refractivity contribution in [3.8, 4) is 0 Å². The average Bonchev–Trinajstić information content (AvgIpc) is 2.47. The number of benzene rings is 1. The van der Waals surface area contributed by atoms with Crippen molar-refractivity contribution in [1.29, 1.82) is 0 Å². The van der Waals surface area contributed by atoms with Gasteiger partial charge in [-0.05, 0) is 48.8 Å². The van der Waals surface area contributed by atoms with Crippen molar-refractivity contribution in [2.75, 3.05) is 0 Å².